The minimum Gasteiger partial charge on any atom is -0.357 e. The molecule has 0 bridgehead atoms. The second-order valence-corrected chi connectivity index (χ2v) is 7.51. The molecule has 0 unspecified atom stereocenters. The van der Waals surface area contributed by atoms with Crippen LogP contribution in [0.4, 0.5) is 5.69 Å². The van der Waals surface area contributed by atoms with Crippen molar-refractivity contribution in [3.8, 4) is 12.3 Å². The maximum absolute atomic E-state index is 12.7. The fourth-order valence-electron chi connectivity index (χ4n) is 3.63. The predicted octanol–water partition coefficient (Wildman–Crippen LogP) is 2.43. The molecule has 2 rings (SSSR count). The highest BCUT2D eigenvalue weighted by atomic mass is 127. The molecule has 0 radical (unpaired) electrons. The summed E-state index contributed by atoms with van der Waals surface area (Å²) in [6, 6.07) is 7.11. The summed E-state index contributed by atoms with van der Waals surface area (Å²) in [4.78, 5) is 31.0. The van der Waals surface area contributed by atoms with Crippen molar-refractivity contribution in [2.75, 3.05) is 39.0 Å². The van der Waals surface area contributed by atoms with Crippen LogP contribution in [0, 0.1) is 17.8 Å². The smallest absolute Gasteiger partial charge is 0.246 e. The summed E-state index contributed by atoms with van der Waals surface area (Å²) in [5.74, 6) is 2.97. The van der Waals surface area contributed by atoms with Crippen LogP contribution in [0.3, 0.4) is 0 Å². The molecule has 8 heteroatoms. The molecule has 164 valence electrons. The van der Waals surface area contributed by atoms with Gasteiger partial charge in [-0.05, 0) is 38.0 Å². The third kappa shape index (κ3) is 7.20. The van der Waals surface area contributed by atoms with Crippen LogP contribution in [-0.4, -0.2) is 56.4 Å². The molecule has 1 fully saturated rings. The van der Waals surface area contributed by atoms with E-state index in [0.29, 0.717) is 30.3 Å². The topological polar surface area (TPSA) is 85.8 Å². The molecule has 0 aromatic heterocycles. The number of carbonyl (C=O) groups is 2. The van der Waals surface area contributed by atoms with Crippen molar-refractivity contribution in [1.82, 2.24) is 15.5 Å². The van der Waals surface area contributed by atoms with Crippen LogP contribution < -0.4 is 16.0 Å². The fraction of sp³-hybridized carbons (Fsp3) is 0.500. The average molecular weight is 525 g/mol. The molecule has 0 aliphatic heterocycles. The number of guanidine groups is 1. The molecule has 1 aromatic rings. The third-order valence-electron chi connectivity index (χ3n) is 5.05. The van der Waals surface area contributed by atoms with E-state index in [2.05, 4.69) is 26.9 Å². The van der Waals surface area contributed by atoms with Gasteiger partial charge in [0.05, 0.1) is 5.41 Å². The van der Waals surface area contributed by atoms with E-state index in [1.807, 2.05) is 6.92 Å². The van der Waals surface area contributed by atoms with Gasteiger partial charge < -0.3 is 20.9 Å². The molecule has 7 nitrogen and oxygen atoms in total. The van der Waals surface area contributed by atoms with Gasteiger partial charge in [-0.2, -0.15) is 0 Å². The molecule has 0 saturated heterocycles. The van der Waals surface area contributed by atoms with E-state index in [0.717, 1.165) is 25.7 Å². The highest BCUT2D eigenvalue weighted by Crippen LogP contribution is 2.38. The zero-order valence-corrected chi connectivity index (χ0v) is 20.3. The van der Waals surface area contributed by atoms with E-state index in [1.54, 1.807) is 43.3 Å². The number of amides is 2. The summed E-state index contributed by atoms with van der Waals surface area (Å²) in [7, 11) is 3.59. The molecule has 0 atom stereocenters. The summed E-state index contributed by atoms with van der Waals surface area (Å²) in [5, 5.41) is 9.19. The van der Waals surface area contributed by atoms with Crippen LogP contribution >= 0.6 is 24.0 Å². The maximum atomic E-state index is 12.7. The number of nitrogens with one attached hydrogen (secondary N) is 3. The van der Waals surface area contributed by atoms with Gasteiger partial charge in [-0.1, -0.05) is 24.8 Å². The van der Waals surface area contributed by atoms with E-state index >= 15 is 0 Å². The van der Waals surface area contributed by atoms with Gasteiger partial charge in [-0.3, -0.25) is 9.59 Å². The minimum atomic E-state index is -0.405. The second kappa shape index (κ2) is 12.4. The standard InChI is InChI=1S/C22H31N5O2.HI/c1-5-17-10-9-11-18(14-17)26-19(28)15-24-21(23-6-2)25-16-22(12-7-8-13-22)20(29)27(3)4;/h1,9-11,14H,6-8,12-13,15-16H2,2-4H3,(H,26,28)(H2,23,24,25);1H. The number of hydrogen-bond acceptors (Lipinski definition) is 3. The first-order chi connectivity index (χ1) is 13.9. The highest BCUT2D eigenvalue weighted by molar-refractivity contribution is 14.0. The molecule has 1 aliphatic carbocycles. The van der Waals surface area contributed by atoms with Crippen molar-refractivity contribution >= 4 is 47.4 Å². The van der Waals surface area contributed by atoms with Crippen molar-refractivity contribution < 1.29 is 9.59 Å². The number of anilines is 1. The van der Waals surface area contributed by atoms with Crippen molar-refractivity contribution in [1.29, 1.82) is 0 Å². The summed E-state index contributed by atoms with van der Waals surface area (Å²) >= 11 is 0. The van der Waals surface area contributed by atoms with E-state index in [9.17, 15) is 9.59 Å². The van der Waals surface area contributed by atoms with Gasteiger partial charge in [-0.25, -0.2) is 4.99 Å². The largest absolute Gasteiger partial charge is 0.357 e. The quantitative estimate of drug-likeness (QED) is 0.221. The molecular weight excluding hydrogens is 493 g/mol. The molecule has 1 saturated carbocycles. The Morgan fingerprint density at radius 1 is 1.23 bits per heavy atom. The fourth-order valence-corrected chi connectivity index (χ4v) is 3.63. The summed E-state index contributed by atoms with van der Waals surface area (Å²) in [6.07, 6.45) is 9.22. The predicted molar refractivity (Wildman–Crippen MR) is 132 cm³/mol. The van der Waals surface area contributed by atoms with Crippen molar-refractivity contribution in [3.05, 3.63) is 29.8 Å². The molecule has 3 N–H and O–H groups in total. The van der Waals surface area contributed by atoms with Crippen molar-refractivity contribution in [2.24, 2.45) is 10.4 Å². The molecule has 2 amide bonds. The first kappa shape index (κ1) is 25.8. The number of halogens is 1. The molecule has 0 heterocycles. The van der Waals surface area contributed by atoms with Crippen LogP contribution in [0.5, 0.6) is 0 Å². The van der Waals surface area contributed by atoms with Crippen LogP contribution in [0.25, 0.3) is 0 Å². The van der Waals surface area contributed by atoms with Crippen molar-refractivity contribution in [2.45, 2.75) is 32.6 Å². The number of aliphatic imine (C=N–C) groups is 1. The zero-order chi connectivity index (χ0) is 21.3. The first-order valence-corrected chi connectivity index (χ1v) is 10.0. The van der Waals surface area contributed by atoms with Crippen LogP contribution in [0.2, 0.25) is 0 Å². The lowest BCUT2D eigenvalue weighted by Gasteiger charge is -2.31. The van der Waals surface area contributed by atoms with E-state index in [-0.39, 0.29) is 42.3 Å². The van der Waals surface area contributed by atoms with E-state index in [1.165, 1.54) is 0 Å². The molecule has 1 aromatic carbocycles. The number of hydrogen-bond donors (Lipinski definition) is 3. The van der Waals surface area contributed by atoms with Gasteiger partial charge >= 0.3 is 0 Å². The first-order valence-electron chi connectivity index (χ1n) is 10.0. The minimum absolute atomic E-state index is 0. The molecular formula is C22H32IN5O2. The third-order valence-corrected chi connectivity index (χ3v) is 5.05. The Morgan fingerprint density at radius 2 is 1.93 bits per heavy atom. The van der Waals surface area contributed by atoms with Gasteiger partial charge in [0, 0.05) is 38.4 Å². The lowest BCUT2D eigenvalue weighted by molar-refractivity contribution is -0.138. The average Bonchev–Trinajstić information content (AvgIpc) is 3.19. The van der Waals surface area contributed by atoms with Gasteiger partial charge in [0.15, 0.2) is 5.96 Å². The molecule has 30 heavy (non-hydrogen) atoms. The molecule has 0 spiro atoms. The number of terminal acetylenes is 1. The Labute approximate surface area is 196 Å². The lowest BCUT2D eigenvalue weighted by atomic mass is 9.84. The van der Waals surface area contributed by atoms with Gasteiger partial charge in [0.1, 0.15) is 6.54 Å². The van der Waals surface area contributed by atoms with Crippen LogP contribution in [0.15, 0.2) is 29.3 Å². The van der Waals surface area contributed by atoms with Crippen molar-refractivity contribution in [3.63, 3.8) is 0 Å². The highest BCUT2D eigenvalue weighted by Gasteiger charge is 2.42. The SMILES string of the molecule is C#Cc1cccc(NC(=O)CN=C(NCC)NCC2(C(=O)N(C)C)CCCC2)c1.I. The van der Waals surface area contributed by atoms with Gasteiger partial charge in [-0.15, -0.1) is 30.4 Å². The Bertz CT molecular complexity index is 795. The van der Waals surface area contributed by atoms with Gasteiger partial charge in [0.25, 0.3) is 0 Å². The number of carbonyl (C=O) groups excluding carboxylic acids is 2. The second-order valence-electron chi connectivity index (χ2n) is 7.51. The monoisotopic (exact) mass is 525 g/mol. The Balaban J connectivity index is 0.00000450. The van der Waals surface area contributed by atoms with Gasteiger partial charge in [0.2, 0.25) is 11.8 Å². The summed E-state index contributed by atoms with van der Waals surface area (Å²) in [5.41, 5.74) is 0.936. The lowest BCUT2D eigenvalue weighted by Crippen LogP contribution is -2.49. The Morgan fingerprint density at radius 3 is 2.53 bits per heavy atom. The maximum Gasteiger partial charge on any atom is 0.246 e. The number of nitrogens with zero attached hydrogens (tertiary/aromatic N) is 2. The van der Waals surface area contributed by atoms with Crippen LogP contribution in [-0.2, 0) is 9.59 Å². The zero-order valence-electron chi connectivity index (χ0n) is 18.0. The number of benzene rings is 1. The summed E-state index contributed by atoms with van der Waals surface area (Å²) in [6.45, 7) is 3.08. The number of rotatable bonds is 7. The van der Waals surface area contributed by atoms with E-state index in [4.69, 9.17) is 6.42 Å². The van der Waals surface area contributed by atoms with Crippen LogP contribution in [0.1, 0.15) is 38.2 Å². The normalized spacial score (nSPS) is 14.8. The Hall–Kier alpha value is -2.28. The molecule has 1 aliphatic rings. The van der Waals surface area contributed by atoms with E-state index < -0.39 is 5.41 Å². The summed E-state index contributed by atoms with van der Waals surface area (Å²) < 4.78 is 0. The Kier molecular flexibility index (Phi) is 10.7.